The number of nitrogens with one attached hydrogen (secondary N) is 5. The number of hydrogen-bond donors (Lipinski definition) is 7. The molecule has 286 valence electrons. The van der Waals surface area contributed by atoms with Gasteiger partial charge in [0.05, 0.1) is 25.5 Å². The number of esters is 2. The van der Waals surface area contributed by atoms with Gasteiger partial charge in [0.25, 0.3) is 0 Å². The van der Waals surface area contributed by atoms with Crippen molar-refractivity contribution < 1.29 is 43.7 Å². The van der Waals surface area contributed by atoms with Crippen molar-refractivity contribution in [1.29, 1.82) is 0 Å². The summed E-state index contributed by atoms with van der Waals surface area (Å²) in [6.07, 6.45) is 7.69. The van der Waals surface area contributed by atoms with Crippen LogP contribution < -0.4 is 21.3 Å². The largest absolute Gasteiger partial charge is 0.481 e. The molecule has 1 saturated heterocycles. The molecule has 7 N–H and O–H groups in total. The Morgan fingerprint density at radius 3 is 2.17 bits per heavy atom. The number of carboxylic acids is 2. The zero-order valence-electron chi connectivity index (χ0n) is 31.5. The fourth-order valence-corrected chi connectivity index (χ4v) is 7.49. The molecule has 14 heteroatoms. The number of hydrogen-bond acceptors (Lipinski definition) is 8. The molecule has 0 spiro atoms. The molecule has 8 bridgehead atoms. The lowest BCUT2D eigenvalue weighted by atomic mass is 9.86. The predicted molar refractivity (Wildman–Crippen MR) is 202 cm³/mol. The van der Waals surface area contributed by atoms with Crippen molar-refractivity contribution in [3.63, 3.8) is 0 Å². The van der Waals surface area contributed by atoms with Crippen molar-refractivity contribution in [2.24, 2.45) is 11.8 Å². The fourth-order valence-electron chi connectivity index (χ4n) is 7.49. The monoisotopic (exact) mass is 741 g/mol. The van der Waals surface area contributed by atoms with E-state index >= 15 is 0 Å². The number of carbonyl (C=O) groups excluding carboxylic acids is 3. The zero-order valence-corrected chi connectivity index (χ0v) is 31.5. The van der Waals surface area contributed by atoms with E-state index in [2.05, 4.69) is 46.0 Å². The summed E-state index contributed by atoms with van der Waals surface area (Å²) in [6, 6.07) is -1.39. The number of amides is 1. The van der Waals surface area contributed by atoms with Crippen LogP contribution in [-0.2, 0) is 35.1 Å². The average molecular weight is 742 g/mol. The van der Waals surface area contributed by atoms with E-state index in [1.54, 1.807) is 13.0 Å². The lowest BCUT2D eigenvalue weighted by Gasteiger charge is -2.19. The first-order valence-electron chi connectivity index (χ1n) is 17.8. The number of allylic oxidation sites excluding steroid dienone is 2. The second-order valence-electron chi connectivity index (χ2n) is 13.6. The van der Waals surface area contributed by atoms with Crippen LogP contribution >= 0.6 is 0 Å². The molecule has 3 aromatic rings. The highest BCUT2D eigenvalue weighted by molar-refractivity contribution is 6.20. The molecule has 2 aliphatic heterocycles. The lowest BCUT2D eigenvalue weighted by Crippen LogP contribution is -2.41. The van der Waals surface area contributed by atoms with E-state index in [-0.39, 0.29) is 42.0 Å². The lowest BCUT2D eigenvalue weighted by molar-refractivity contribution is -0.143. The number of fused-ring (bicyclic) bond motifs is 8. The molecule has 5 heterocycles. The van der Waals surface area contributed by atoms with Crippen LogP contribution in [0, 0.1) is 32.6 Å². The third-order valence-electron chi connectivity index (χ3n) is 10.5. The number of H-pyrrole nitrogens is 3. The smallest absolute Gasteiger partial charge is 0.341 e. The van der Waals surface area contributed by atoms with Gasteiger partial charge in [-0.05, 0) is 80.5 Å². The molecule has 3 atom stereocenters. The van der Waals surface area contributed by atoms with Gasteiger partial charge in [0.15, 0.2) is 0 Å². The molecule has 0 aromatic carbocycles. The molecule has 1 fully saturated rings. The normalized spacial score (nSPS) is 16.7. The van der Waals surface area contributed by atoms with E-state index in [1.807, 2.05) is 32.1 Å². The van der Waals surface area contributed by atoms with Crippen LogP contribution in [0.1, 0.15) is 100 Å². The number of aromatic amines is 3. The fraction of sp³-hybridized carbons (Fsp3) is 0.375. The molecule has 1 amide bonds. The maximum Gasteiger partial charge on any atom is 0.341 e. The summed E-state index contributed by atoms with van der Waals surface area (Å²) < 4.78 is 10.6. The molecule has 0 aliphatic carbocycles. The molecular weight excluding hydrogens is 694 g/mol. The third kappa shape index (κ3) is 7.41. The van der Waals surface area contributed by atoms with Gasteiger partial charge in [0.2, 0.25) is 5.91 Å². The van der Waals surface area contributed by atoms with Crippen LogP contribution in [-0.4, -0.2) is 75.2 Å². The van der Waals surface area contributed by atoms with Crippen LogP contribution in [0.5, 0.6) is 0 Å². The summed E-state index contributed by atoms with van der Waals surface area (Å²) in [5.74, 6) is -5.39. The van der Waals surface area contributed by atoms with Gasteiger partial charge in [0.1, 0.15) is 11.6 Å². The summed E-state index contributed by atoms with van der Waals surface area (Å²) in [6.45, 7) is 13.9. The van der Waals surface area contributed by atoms with Gasteiger partial charge in [-0.1, -0.05) is 26.5 Å². The van der Waals surface area contributed by atoms with Crippen LogP contribution in [0.15, 0.2) is 18.0 Å². The minimum atomic E-state index is -1.39. The highest BCUT2D eigenvalue weighted by Gasteiger charge is 2.39. The first-order chi connectivity index (χ1) is 25.6. The Kier molecular flexibility index (Phi) is 11.5. The summed E-state index contributed by atoms with van der Waals surface area (Å²) in [5.41, 5.74) is 8.17. The van der Waals surface area contributed by atoms with Gasteiger partial charge < -0.3 is 45.3 Å². The van der Waals surface area contributed by atoms with Crippen LogP contribution in [0.4, 0.5) is 0 Å². The number of aliphatic carboxylic acids is 2. The number of methoxy groups -OCH3 is 2. The van der Waals surface area contributed by atoms with Crippen molar-refractivity contribution in [3.8, 4) is 0 Å². The topological polar surface area (TPSA) is 216 Å². The maximum atomic E-state index is 14.0. The van der Waals surface area contributed by atoms with E-state index < -0.39 is 48.2 Å². The van der Waals surface area contributed by atoms with E-state index in [0.717, 1.165) is 50.8 Å². The first kappa shape index (κ1) is 39.2. The quantitative estimate of drug-likeness (QED) is 0.134. The van der Waals surface area contributed by atoms with E-state index in [4.69, 9.17) is 14.6 Å². The molecule has 0 radical (unpaired) electrons. The standard InChI is InChI=1S/C40H47N5O9/c1-9-22-18(3)26-15-28-20(5)24(11-13-32(46)43-25(38(49)50)12-14-33(47)48)36(44-28)35(40(52)54-8)37-34(39(51)53-7)21(6)29(45-37)17-31-23(10-2)19(4)27(42-31)16-30(22)41-26/h9,15-17,20,24-25,41-42,44-45H,1,10-14H2,2-8H3,(H,43,46)(H,47,48)(H,49,50)/t20-,24-,25-/m0/s1. The van der Waals surface area contributed by atoms with Crippen molar-refractivity contribution in [1.82, 2.24) is 25.6 Å². The van der Waals surface area contributed by atoms with E-state index in [9.17, 15) is 29.1 Å². The molecule has 54 heavy (non-hydrogen) atoms. The number of carbonyl (C=O) groups is 5. The highest BCUT2D eigenvalue weighted by Crippen LogP contribution is 2.42. The Bertz CT molecular complexity index is 2250. The molecule has 0 saturated carbocycles. The van der Waals surface area contributed by atoms with Gasteiger partial charge >= 0.3 is 23.9 Å². The van der Waals surface area contributed by atoms with E-state index in [1.165, 1.54) is 14.2 Å². The maximum absolute atomic E-state index is 14.0. The van der Waals surface area contributed by atoms with Crippen LogP contribution in [0.25, 0.3) is 29.9 Å². The minimum absolute atomic E-state index is 0.0429. The summed E-state index contributed by atoms with van der Waals surface area (Å²) in [4.78, 5) is 74.0. The van der Waals surface area contributed by atoms with Crippen LogP contribution in [0.2, 0.25) is 0 Å². The minimum Gasteiger partial charge on any atom is -0.481 e. The molecule has 5 rings (SSSR count). The van der Waals surface area contributed by atoms with E-state index in [0.29, 0.717) is 22.7 Å². The molecule has 3 aromatic heterocycles. The highest BCUT2D eigenvalue weighted by atomic mass is 16.5. The Morgan fingerprint density at radius 2 is 1.56 bits per heavy atom. The number of aromatic nitrogens is 3. The van der Waals surface area contributed by atoms with Gasteiger partial charge in [-0.2, -0.15) is 0 Å². The Hall–Kier alpha value is -6.05. The molecule has 0 unspecified atom stereocenters. The van der Waals surface area contributed by atoms with Crippen LogP contribution in [0.3, 0.4) is 0 Å². The van der Waals surface area contributed by atoms with Gasteiger partial charge in [-0.3, -0.25) is 9.59 Å². The van der Waals surface area contributed by atoms with Gasteiger partial charge in [-0.25, -0.2) is 14.4 Å². The average Bonchev–Trinajstić information content (AvgIpc) is 3.81. The second kappa shape index (κ2) is 15.9. The van der Waals surface area contributed by atoms with Gasteiger partial charge in [-0.15, -0.1) is 0 Å². The molecular formula is C40H47N5O9. The Labute approximate surface area is 312 Å². The van der Waals surface area contributed by atoms with Crippen molar-refractivity contribution in [2.75, 3.05) is 14.2 Å². The predicted octanol–water partition coefficient (Wildman–Crippen LogP) is 3.55. The van der Waals surface area contributed by atoms with Crippen molar-refractivity contribution >= 4 is 59.7 Å². The summed E-state index contributed by atoms with van der Waals surface area (Å²) in [7, 11) is 2.50. The zero-order chi connectivity index (χ0) is 39.6. The second-order valence-corrected chi connectivity index (χ2v) is 13.6. The number of carboxylic acid groups (broad SMARTS) is 2. The Morgan fingerprint density at radius 1 is 0.889 bits per heavy atom. The molecule has 14 nitrogen and oxygen atoms in total. The number of rotatable bonds is 12. The first-order valence-corrected chi connectivity index (χ1v) is 17.8. The van der Waals surface area contributed by atoms with Crippen molar-refractivity contribution in [2.45, 2.75) is 72.8 Å². The van der Waals surface area contributed by atoms with Crippen molar-refractivity contribution in [3.05, 3.63) is 84.8 Å². The Balaban J connectivity index is 1.78. The summed E-state index contributed by atoms with van der Waals surface area (Å²) in [5, 5.41) is 26.3. The molecule has 2 aliphatic rings. The SMILES string of the molecule is C=Cc1c2[nH]c(c1C)C=C1NC(=C(C(=O)OC)c3[nH]c(c(C)c3C(=O)OC)C=c3[nH]c(c(C)c3CC)=C2)[C@@H](CCC(=O)N[C@@H](CCC(=O)O)C(=O)O)[C@@H]1C. The third-order valence-corrected chi connectivity index (χ3v) is 10.5. The van der Waals surface area contributed by atoms with Gasteiger partial charge in [0, 0.05) is 69.4 Å². The summed E-state index contributed by atoms with van der Waals surface area (Å²) >= 11 is 0. The number of ether oxygens (including phenoxy) is 2.